The number of aryl methyl sites for hydroxylation is 2. The third-order valence-electron chi connectivity index (χ3n) is 5.30. The van der Waals surface area contributed by atoms with Gasteiger partial charge < -0.3 is 24.9 Å². The number of rotatable bonds is 9. The smallest absolute Gasteiger partial charge is 0.362 e. The highest BCUT2D eigenvalue weighted by molar-refractivity contribution is 7.51. The number of benzene rings is 3. The molecule has 4 N–H and O–H groups in total. The summed E-state index contributed by atoms with van der Waals surface area (Å²) in [6.45, 7) is 4.25. The summed E-state index contributed by atoms with van der Waals surface area (Å²) < 4.78 is 16.3. The number of aromatic hydroxyl groups is 1. The minimum absolute atomic E-state index is 0.0782. The first-order valence-corrected chi connectivity index (χ1v) is 12.3. The SMILES string of the molecule is Cc1cc(OCP(=O)(O)O)cc(C)c1Cc1ccc(O)c(C(=O)NCCc2ccccc2)c1. The van der Waals surface area contributed by atoms with E-state index in [4.69, 9.17) is 14.5 Å². The molecule has 0 bridgehead atoms. The zero-order chi connectivity index (χ0) is 24.0. The number of carbonyl (C=O) groups is 1. The average Bonchev–Trinajstić information content (AvgIpc) is 2.76. The quantitative estimate of drug-likeness (QED) is 0.351. The fraction of sp³-hybridized carbons (Fsp3) is 0.240. The summed E-state index contributed by atoms with van der Waals surface area (Å²) in [5.74, 6) is -0.0215. The summed E-state index contributed by atoms with van der Waals surface area (Å²) in [5.41, 5.74) is 5.01. The van der Waals surface area contributed by atoms with E-state index in [0.717, 1.165) is 27.8 Å². The lowest BCUT2D eigenvalue weighted by atomic mass is 9.94. The van der Waals surface area contributed by atoms with Crippen molar-refractivity contribution in [3.05, 3.63) is 94.0 Å². The molecular weight excluding hydrogens is 441 g/mol. The van der Waals surface area contributed by atoms with E-state index in [9.17, 15) is 14.5 Å². The summed E-state index contributed by atoms with van der Waals surface area (Å²) in [6.07, 6.45) is 0.550. The maximum Gasteiger partial charge on any atom is 0.362 e. The van der Waals surface area contributed by atoms with Crippen LogP contribution in [0.4, 0.5) is 0 Å². The molecule has 0 heterocycles. The van der Waals surface area contributed by atoms with Crippen LogP contribution >= 0.6 is 7.60 Å². The molecule has 33 heavy (non-hydrogen) atoms. The van der Waals surface area contributed by atoms with Crippen molar-refractivity contribution in [1.29, 1.82) is 0 Å². The van der Waals surface area contributed by atoms with Gasteiger partial charge in [-0.3, -0.25) is 9.36 Å². The Labute approximate surface area is 193 Å². The van der Waals surface area contributed by atoms with E-state index in [1.54, 1.807) is 24.3 Å². The van der Waals surface area contributed by atoms with E-state index in [2.05, 4.69) is 5.32 Å². The molecule has 0 unspecified atom stereocenters. The zero-order valence-corrected chi connectivity index (χ0v) is 19.5. The molecule has 0 spiro atoms. The minimum atomic E-state index is -4.26. The molecule has 0 radical (unpaired) electrons. The van der Waals surface area contributed by atoms with Crippen LogP contribution in [-0.2, 0) is 17.4 Å². The fourth-order valence-corrected chi connectivity index (χ4v) is 3.93. The standard InChI is InChI=1S/C25H28NO6P/c1-17-12-21(32-16-33(29,30)31)13-18(2)22(17)14-20-8-9-24(27)23(15-20)25(28)26-11-10-19-6-4-3-5-7-19/h3-9,12-13,15,27H,10-11,14,16H2,1-2H3,(H,26,28)(H2,29,30,31). The largest absolute Gasteiger partial charge is 0.507 e. The molecule has 8 heteroatoms. The van der Waals surface area contributed by atoms with Crippen LogP contribution in [0.15, 0.2) is 60.7 Å². The Morgan fingerprint density at radius 2 is 1.64 bits per heavy atom. The van der Waals surface area contributed by atoms with Crippen LogP contribution in [-0.4, -0.2) is 33.7 Å². The molecule has 0 aromatic heterocycles. The number of amides is 1. The first-order chi connectivity index (χ1) is 15.6. The molecule has 0 saturated carbocycles. The molecule has 7 nitrogen and oxygen atoms in total. The molecule has 0 aliphatic heterocycles. The first kappa shape index (κ1) is 24.5. The average molecular weight is 469 g/mol. The van der Waals surface area contributed by atoms with Crippen molar-refractivity contribution in [1.82, 2.24) is 5.32 Å². The van der Waals surface area contributed by atoms with Crippen LogP contribution < -0.4 is 10.1 Å². The van der Waals surface area contributed by atoms with Crippen LogP contribution in [0.3, 0.4) is 0 Å². The summed E-state index contributed by atoms with van der Waals surface area (Å²) in [5, 5.41) is 13.1. The Kier molecular flexibility index (Phi) is 7.92. The van der Waals surface area contributed by atoms with Gasteiger partial charge in [-0.05, 0) is 78.8 Å². The van der Waals surface area contributed by atoms with E-state index in [0.29, 0.717) is 25.1 Å². The summed E-state index contributed by atoms with van der Waals surface area (Å²) in [7, 11) is -4.26. The first-order valence-electron chi connectivity index (χ1n) is 10.5. The van der Waals surface area contributed by atoms with E-state index in [-0.39, 0.29) is 17.2 Å². The Morgan fingerprint density at radius 3 is 2.27 bits per heavy atom. The van der Waals surface area contributed by atoms with Gasteiger partial charge in [0, 0.05) is 6.54 Å². The third-order valence-corrected chi connectivity index (χ3v) is 5.76. The number of hydrogen-bond acceptors (Lipinski definition) is 4. The number of ether oxygens (including phenoxy) is 1. The Balaban J connectivity index is 1.70. The molecule has 0 aliphatic rings. The van der Waals surface area contributed by atoms with Gasteiger partial charge in [-0.2, -0.15) is 0 Å². The molecule has 3 aromatic rings. The van der Waals surface area contributed by atoms with E-state index >= 15 is 0 Å². The molecule has 1 amide bonds. The van der Waals surface area contributed by atoms with Crippen molar-refractivity contribution < 1.29 is 29.0 Å². The number of carbonyl (C=O) groups excluding carboxylic acids is 1. The number of nitrogens with one attached hydrogen (secondary N) is 1. The lowest BCUT2D eigenvalue weighted by molar-refractivity contribution is 0.0951. The van der Waals surface area contributed by atoms with Gasteiger partial charge in [0.15, 0.2) is 6.35 Å². The molecule has 3 rings (SSSR count). The lowest BCUT2D eigenvalue weighted by Gasteiger charge is -2.15. The maximum absolute atomic E-state index is 12.6. The number of phenols is 1. The molecule has 0 atom stereocenters. The van der Waals surface area contributed by atoms with Crippen LogP contribution in [0.2, 0.25) is 0 Å². The second-order valence-electron chi connectivity index (χ2n) is 7.99. The van der Waals surface area contributed by atoms with Gasteiger partial charge in [-0.25, -0.2) is 0 Å². The number of hydrogen-bond donors (Lipinski definition) is 4. The van der Waals surface area contributed by atoms with Gasteiger partial charge >= 0.3 is 7.60 Å². The van der Waals surface area contributed by atoms with Gasteiger partial charge in [-0.1, -0.05) is 36.4 Å². The fourth-order valence-electron chi connectivity index (χ4n) is 3.61. The second-order valence-corrected chi connectivity index (χ2v) is 9.58. The molecule has 0 saturated heterocycles. The van der Waals surface area contributed by atoms with Crippen molar-refractivity contribution >= 4 is 13.5 Å². The minimum Gasteiger partial charge on any atom is -0.507 e. The highest BCUT2D eigenvalue weighted by Crippen LogP contribution is 2.35. The van der Waals surface area contributed by atoms with Gasteiger partial charge in [0.2, 0.25) is 0 Å². The highest BCUT2D eigenvalue weighted by atomic mass is 31.2. The summed E-state index contributed by atoms with van der Waals surface area (Å²) in [4.78, 5) is 30.7. The van der Waals surface area contributed by atoms with Crippen molar-refractivity contribution in [3.8, 4) is 11.5 Å². The Hall–Kier alpha value is -3.12. The van der Waals surface area contributed by atoms with Gasteiger partial charge in [-0.15, -0.1) is 0 Å². The second kappa shape index (κ2) is 10.7. The van der Waals surface area contributed by atoms with Crippen LogP contribution in [0.25, 0.3) is 0 Å². The molecule has 174 valence electrons. The predicted octanol–water partition coefficient (Wildman–Crippen LogP) is 4.09. The Morgan fingerprint density at radius 1 is 0.970 bits per heavy atom. The number of phenolic OH excluding ortho intramolecular Hbond substituents is 1. The topological polar surface area (TPSA) is 116 Å². The highest BCUT2D eigenvalue weighted by Gasteiger charge is 2.16. The molecule has 0 aliphatic carbocycles. The van der Waals surface area contributed by atoms with Gasteiger partial charge in [0.1, 0.15) is 11.5 Å². The summed E-state index contributed by atoms with van der Waals surface area (Å²) >= 11 is 0. The van der Waals surface area contributed by atoms with Crippen LogP contribution in [0.1, 0.15) is 38.2 Å². The van der Waals surface area contributed by atoms with Crippen molar-refractivity contribution in [2.24, 2.45) is 0 Å². The monoisotopic (exact) mass is 469 g/mol. The van der Waals surface area contributed by atoms with Crippen LogP contribution in [0.5, 0.6) is 11.5 Å². The van der Waals surface area contributed by atoms with Crippen molar-refractivity contribution in [3.63, 3.8) is 0 Å². The van der Waals surface area contributed by atoms with Crippen molar-refractivity contribution in [2.75, 3.05) is 12.9 Å². The normalized spacial score (nSPS) is 11.3. The lowest BCUT2D eigenvalue weighted by Crippen LogP contribution is -2.25. The van der Waals surface area contributed by atoms with Crippen LogP contribution in [0, 0.1) is 13.8 Å². The molecule has 3 aromatic carbocycles. The van der Waals surface area contributed by atoms with E-state index < -0.39 is 13.9 Å². The third kappa shape index (κ3) is 7.19. The van der Waals surface area contributed by atoms with E-state index in [1.165, 1.54) is 6.07 Å². The predicted molar refractivity (Wildman–Crippen MR) is 127 cm³/mol. The van der Waals surface area contributed by atoms with Gasteiger partial charge in [0.05, 0.1) is 5.56 Å². The molecular formula is C25H28NO6P. The Bertz CT molecular complexity index is 1150. The summed E-state index contributed by atoms with van der Waals surface area (Å²) in [6, 6.07) is 18.3. The maximum atomic E-state index is 12.6. The van der Waals surface area contributed by atoms with E-state index in [1.807, 2.05) is 44.2 Å². The van der Waals surface area contributed by atoms with Crippen molar-refractivity contribution in [2.45, 2.75) is 26.7 Å². The molecule has 0 fully saturated rings. The zero-order valence-electron chi connectivity index (χ0n) is 18.6. The van der Waals surface area contributed by atoms with Gasteiger partial charge in [0.25, 0.3) is 5.91 Å².